The molecular weight excluding hydrogens is 340 g/mol. The lowest BCUT2D eigenvalue weighted by molar-refractivity contribution is 0.797. The van der Waals surface area contributed by atoms with Crippen LogP contribution < -0.4 is 11.1 Å². The molecule has 132 valence electrons. The average molecular weight is 356 g/mol. The Kier molecular flexibility index (Phi) is 3.29. The van der Waals surface area contributed by atoms with Gasteiger partial charge in [0.2, 0.25) is 5.95 Å². The summed E-state index contributed by atoms with van der Waals surface area (Å²) in [6.45, 7) is 0. The first kappa shape index (κ1) is 15.3. The van der Waals surface area contributed by atoms with Gasteiger partial charge in [-0.1, -0.05) is 12.1 Å². The summed E-state index contributed by atoms with van der Waals surface area (Å²) in [5.41, 5.74) is 10.9. The molecule has 0 aliphatic rings. The monoisotopic (exact) mass is 356 g/mol. The van der Waals surface area contributed by atoms with Gasteiger partial charge in [-0.25, -0.2) is 4.52 Å². The van der Waals surface area contributed by atoms with Crippen molar-refractivity contribution in [2.75, 3.05) is 11.1 Å². The largest absolute Gasteiger partial charge is 0.399 e. The second kappa shape index (κ2) is 5.80. The third-order valence-electron chi connectivity index (χ3n) is 4.43. The lowest BCUT2D eigenvalue weighted by Gasteiger charge is -2.04. The first-order valence-corrected chi connectivity index (χ1v) is 8.43. The van der Waals surface area contributed by atoms with Gasteiger partial charge in [0.25, 0.3) is 0 Å². The van der Waals surface area contributed by atoms with E-state index in [0.717, 1.165) is 27.8 Å². The molecule has 0 spiro atoms. The summed E-state index contributed by atoms with van der Waals surface area (Å²) in [5.74, 6) is 0.484. The molecule has 0 amide bonds. The standard InChI is InChI=1S/C19H16N8/c1-26-16-6-5-12(7-13(16)9-22-26)17-10-21-11-18-24-19(25-27(17)18)23-15-4-2-3-14(20)8-15/h2-11H,20H2,1H3,(H,23,25). The fourth-order valence-corrected chi connectivity index (χ4v) is 3.13. The SMILES string of the molecule is Cn1ncc2cc(-c3cncc4nc(Nc5cccc(N)c5)nn34)ccc21. The van der Waals surface area contributed by atoms with Gasteiger partial charge in [0.15, 0.2) is 5.65 Å². The molecule has 0 atom stereocenters. The molecule has 5 rings (SSSR count). The Labute approximate surface area is 154 Å². The summed E-state index contributed by atoms with van der Waals surface area (Å²) in [6.07, 6.45) is 5.31. The van der Waals surface area contributed by atoms with Gasteiger partial charge in [0.05, 0.1) is 29.8 Å². The van der Waals surface area contributed by atoms with Gasteiger partial charge in [0, 0.05) is 29.4 Å². The molecule has 0 aliphatic carbocycles. The van der Waals surface area contributed by atoms with Crippen molar-refractivity contribution < 1.29 is 0 Å². The van der Waals surface area contributed by atoms with Crippen molar-refractivity contribution in [2.24, 2.45) is 7.05 Å². The molecule has 8 nitrogen and oxygen atoms in total. The van der Waals surface area contributed by atoms with E-state index in [2.05, 4.69) is 31.5 Å². The molecule has 2 aromatic carbocycles. The van der Waals surface area contributed by atoms with Crippen molar-refractivity contribution >= 4 is 33.9 Å². The van der Waals surface area contributed by atoms with Crippen LogP contribution in [0.3, 0.4) is 0 Å². The Hall–Kier alpha value is -3.94. The minimum absolute atomic E-state index is 0.484. The van der Waals surface area contributed by atoms with Gasteiger partial charge in [-0.2, -0.15) is 10.1 Å². The number of nitrogens with one attached hydrogen (secondary N) is 1. The molecule has 0 saturated heterocycles. The van der Waals surface area contributed by atoms with E-state index < -0.39 is 0 Å². The number of aryl methyl sites for hydroxylation is 1. The smallest absolute Gasteiger partial charge is 0.247 e. The van der Waals surface area contributed by atoms with Crippen molar-refractivity contribution in [3.05, 3.63) is 61.1 Å². The van der Waals surface area contributed by atoms with Crippen LogP contribution in [0.1, 0.15) is 0 Å². The number of nitrogens with zero attached hydrogens (tertiary/aromatic N) is 6. The van der Waals surface area contributed by atoms with Crippen LogP contribution in [0.25, 0.3) is 27.8 Å². The quantitative estimate of drug-likeness (QED) is 0.482. The fraction of sp³-hybridized carbons (Fsp3) is 0.0526. The van der Waals surface area contributed by atoms with Crippen molar-refractivity contribution in [3.8, 4) is 11.3 Å². The van der Waals surface area contributed by atoms with Crippen LogP contribution in [0.4, 0.5) is 17.3 Å². The zero-order chi connectivity index (χ0) is 18.4. The molecule has 3 heterocycles. The van der Waals surface area contributed by atoms with E-state index in [4.69, 9.17) is 5.73 Å². The maximum atomic E-state index is 5.83. The number of hydrogen-bond donors (Lipinski definition) is 2. The third-order valence-corrected chi connectivity index (χ3v) is 4.43. The zero-order valence-electron chi connectivity index (χ0n) is 14.5. The van der Waals surface area contributed by atoms with Gasteiger partial charge >= 0.3 is 0 Å². The van der Waals surface area contributed by atoms with Crippen molar-refractivity contribution in [1.82, 2.24) is 29.4 Å². The number of hydrogen-bond acceptors (Lipinski definition) is 6. The van der Waals surface area contributed by atoms with Crippen LogP contribution in [0.15, 0.2) is 61.1 Å². The molecule has 8 heteroatoms. The molecule has 3 N–H and O–H groups in total. The van der Waals surface area contributed by atoms with Crippen molar-refractivity contribution in [3.63, 3.8) is 0 Å². The van der Waals surface area contributed by atoms with Gasteiger partial charge in [-0.05, 0) is 30.3 Å². The zero-order valence-corrected chi connectivity index (χ0v) is 14.5. The lowest BCUT2D eigenvalue weighted by atomic mass is 10.1. The minimum atomic E-state index is 0.484. The number of benzene rings is 2. The van der Waals surface area contributed by atoms with E-state index in [1.165, 1.54) is 0 Å². The topological polar surface area (TPSA) is 99.0 Å². The molecule has 5 aromatic rings. The highest BCUT2D eigenvalue weighted by Crippen LogP contribution is 2.25. The van der Waals surface area contributed by atoms with Crippen molar-refractivity contribution in [1.29, 1.82) is 0 Å². The summed E-state index contributed by atoms with van der Waals surface area (Å²) >= 11 is 0. The van der Waals surface area contributed by atoms with E-state index in [0.29, 0.717) is 17.3 Å². The molecule has 0 fully saturated rings. The van der Waals surface area contributed by atoms with Crippen LogP contribution in [-0.2, 0) is 7.05 Å². The summed E-state index contributed by atoms with van der Waals surface area (Å²) < 4.78 is 3.63. The second-order valence-electron chi connectivity index (χ2n) is 6.29. The van der Waals surface area contributed by atoms with Gasteiger partial charge in [-0.3, -0.25) is 9.67 Å². The highest BCUT2D eigenvalue weighted by Gasteiger charge is 2.11. The second-order valence-corrected chi connectivity index (χ2v) is 6.29. The maximum Gasteiger partial charge on any atom is 0.247 e. The van der Waals surface area contributed by atoms with Crippen LogP contribution in [-0.4, -0.2) is 29.4 Å². The summed E-state index contributed by atoms with van der Waals surface area (Å²) in [6, 6.07) is 13.6. The number of aromatic nitrogens is 6. The van der Waals surface area contributed by atoms with E-state index in [9.17, 15) is 0 Å². The van der Waals surface area contributed by atoms with E-state index in [1.807, 2.05) is 54.3 Å². The summed E-state index contributed by atoms with van der Waals surface area (Å²) in [4.78, 5) is 8.83. The molecule has 27 heavy (non-hydrogen) atoms. The number of fused-ring (bicyclic) bond motifs is 2. The highest BCUT2D eigenvalue weighted by atomic mass is 15.4. The summed E-state index contributed by atoms with van der Waals surface area (Å²) in [7, 11) is 1.93. The summed E-state index contributed by atoms with van der Waals surface area (Å²) in [5, 5.41) is 13.1. The normalized spacial score (nSPS) is 11.3. The van der Waals surface area contributed by atoms with Gasteiger partial charge in [0.1, 0.15) is 0 Å². The fourth-order valence-electron chi connectivity index (χ4n) is 3.13. The van der Waals surface area contributed by atoms with E-state index >= 15 is 0 Å². The Balaban J connectivity index is 1.59. The van der Waals surface area contributed by atoms with Crippen LogP contribution >= 0.6 is 0 Å². The van der Waals surface area contributed by atoms with E-state index in [-0.39, 0.29) is 0 Å². The Bertz CT molecular complexity index is 1280. The van der Waals surface area contributed by atoms with Crippen molar-refractivity contribution in [2.45, 2.75) is 0 Å². The molecule has 0 radical (unpaired) electrons. The lowest BCUT2D eigenvalue weighted by Crippen LogP contribution is -1.97. The molecule has 0 unspecified atom stereocenters. The number of anilines is 3. The predicted molar refractivity (Wildman–Crippen MR) is 105 cm³/mol. The third kappa shape index (κ3) is 2.63. The Morgan fingerprint density at radius 1 is 1.04 bits per heavy atom. The van der Waals surface area contributed by atoms with Crippen LogP contribution in [0, 0.1) is 0 Å². The predicted octanol–water partition coefficient (Wildman–Crippen LogP) is 3.00. The minimum Gasteiger partial charge on any atom is -0.399 e. The number of nitrogen functional groups attached to an aromatic ring is 1. The molecule has 0 aliphatic heterocycles. The number of rotatable bonds is 3. The Morgan fingerprint density at radius 3 is 2.85 bits per heavy atom. The molecule has 0 saturated carbocycles. The molecular formula is C19H16N8. The Morgan fingerprint density at radius 2 is 1.96 bits per heavy atom. The van der Waals surface area contributed by atoms with Gasteiger partial charge in [-0.15, -0.1) is 5.10 Å². The van der Waals surface area contributed by atoms with Crippen LogP contribution in [0.5, 0.6) is 0 Å². The first-order chi connectivity index (χ1) is 13.2. The molecule has 0 bridgehead atoms. The molecule has 3 aromatic heterocycles. The van der Waals surface area contributed by atoms with Crippen LogP contribution in [0.2, 0.25) is 0 Å². The maximum absolute atomic E-state index is 5.83. The van der Waals surface area contributed by atoms with Gasteiger partial charge < -0.3 is 11.1 Å². The first-order valence-electron chi connectivity index (χ1n) is 8.43. The average Bonchev–Trinajstić information content (AvgIpc) is 3.24. The van der Waals surface area contributed by atoms with E-state index in [1.54, 1.807) is 16.9 Å². The highest BCUT2D eigenvalue weighted by molar-refractivity contribution is 5.84. The number of nitrogens with two attached hydrogens (primary N) is 1.